The number of hydrogen-bond acceptors (Lipinski definition) is 3. The van der Waals surface area contributed by atoms with E-state index in [-0.39, 0.29) is 18.4 Å². The van der Waals surface area contributed by atoms with Crippen molar-refractivity contribution in [2.45, 2.75) is 19.8 Å². The smallest absolute Gasteiger partial charge is 0.223 e. The lowest BCUT2D eigenvalue weighted by Gasteiger charge is -2.16. The maximum atomic E-state index is 11.6. The van der Waals surface area contributed by atoms with Crippen molar-refractivity contribution in [1.29, 1.82) is 0 Å². The highest BCUT2D eigenvalue weighted by Crippen LogP contribution is 2.17. The summed E-state index contributed by atoms with van der Waals surface area (Å²) < 4.78 is 5.63. The molecule has 1 aliphatic rings. The average Bonchev–Trinajstić information content (AvgIpc) is 2.80. The summed E-state index contributed by atoms with van der Waals surface area (Å²) in [5.74, 6) is 1.04. The quantitative estimate of drug-likeness (QED) is 0.845. The van der Waals surface area contributed by atoms with Gasteiger partial charge in [0.1, 0.15) is 12.4 Å². The number of likely N-dealkylation sites (tertiary alicyclic amines) is 1. The summed E-state index contributed by atoms with van der Waals surface area (Å²) in [4.78, 5) is 13.4. The second-order valence-electron chi connectivity index (χ2n) is 4.94. The van der Waals surface area contributed by atoms with Crippen LogP contribution in [0, 0.1) is 5.92 Å². The van der Waals surface area contributed by atoms with Crippen LogP contribution >= 0.6 is 0 Å². The van der Waals surface area contributed by atoms with Crippen molar-refractivity contribution >= 4 is 5.91 Å². The molecule has 0 bridgehead atoms. The van der Waals surface area contributed by atoms with Crippen LogP contribution in [0.25, 0.3) is 0 Å². The Bertz CT molecular complexity index is 416. The van der Waals surface area contributed by atoms with Gasteiger partial charge in [-0.05, 0) is 24.1 Å². The van der Waals surface area contributed by atoms with E-state index in [4.69, 9.17) is 9.84 Å². The van der Waals surface area contributed by atoms with E-state index in [0.717, 1.165) is 12.2 Å². The maximum absolute atomic E-state index is 11.6. The molecular formula is C15H21NO3. The number of hydrogen-bond donors (Lipinski definition) is 1. The van der Waals surface area contributed by atoms with Crippen LogP contribution in [-0.4, -0.2) is 42.2 Å². The number of carbonyl (C=O) groups excluding carboxylic acids is 1. The molecule has 1 aromatic rings. The topological polar surface area (TPSA) is 49.8 Å². The Morgan fingerprint density at radius 2 is 2.11 bits per heavy atom. The second-order valence-corrected chi connectivity index (χ2v) is 4.94. The molecule has 4 nitrogen and oxygen atoms in total. The van der Waals surface area contributed by atoms with Gasteiger partial charge in [-0.25, -0.2) is 0 Å². The van der Waals surface area contributed by atoms with Crippen molar-refractivity contribution in [2.75, 3.05) is 26.3 Å². The molecular weight excluding hydrogens is 242 g/mol. The number of rotatable bonds is 6. The van der Waals surface area contributed by atoms with Crippen molar-refractivity contribution in [1.82, 2.24) is 4.90 Å². The van der Waals surface area contributed by atoms with Gasteiger partial charge in [-0.1, -0.05) is 19.1 Å². The van der Waals surface area contributed by atoms with Crippen LogP contribution in [0.5, 0.6) is 5.75 Å². The van der Waals surface area contributed by atoms with Crippen molar-refractivity contribution in [3.63, 3.8) is 0 Å². The van der Waals surface area contributed by atoms with Crippen molar-refractivity contribution in [3.05, 3.63) is 29.8 Å². The average molecular weight is 263 g/mol. The van der Waals surface area contributed by atoms with Crippen molar-refractivity contribution in [2.24, 2.45) is 5.92 Å². The first-order valence-electron chi connectivity index (χ1n) is 6.83. The second kappa shape index (κ2) is 6.57. The van der Waals surface area contributed by atoms with E-state index >= 15 is 0 Å². The summed E-state index contributed by atoms with van der Waals surface area (Å²) >= 11 is 0. The Morgan fingerprint density at radius 1 is 1.37 bits per heavy atom. The number of nitrogens with zero attached hydrogens (tertiary/aromatic N) is 1. The van der Waals surface area contributed by atoms with E-state index in [1.54, 1.807) is 4.90 Å². The van der Waals surface area contributed by atoms with Crippen LogP contribution in [0.4, 0.5) is 0 Å². The lowest BCUT2D eigenvalue weighted by atomic mass is 10.1. The minimum Gasteiger partial charge on any atom is -0.492 e. The van der Waals surface area contributed by atoms with Crippen LogP contribution < -0.4 is 4.74 Å². The van der Waals surface area contributed by atoms with Crippen LogP contribution in [0.3, 0.4) is 0 Å². The number of aliphatic hydroxyl groups excluding tert-OH is 1. The van der Waals surface area contributed by atoms with Gasteiger partial charge in [-0.15, -0.1) is 0 Å². The first-order valence-corrected chi connectivity index (χ1v) is 6.83. The van der Waals surface area contributed by atoms with E-state index in [1.807, 2.05) is 12.1 Å². The lowest BCUT2D eigenvalue weighted by molar-refractivity contribution is -0.128. The lowest BCUT2D eigenvalue weighted by Crippen LogP contribution is -2.30. The third-order valence-electron chi connectivity index (χ3n) is 3.51. The maximum Gasteiger partial charge on any atom is 0.223 e. The third kappa shape index (κ3) is 3.70. The van der Waals surface area contributed by atoms with E-state index in [2.05, 4.69) is 19.1 Å². The summed E-state index contributed by atoms with van der Waals surface area (Å²) in [6, 6.07) is 8.03. The molecule has 104 valence electrons. The molecule has 1 aromatic carbocycles. The molecule has 19 heavy (non-hydrogen) atoms. The zero-order valence-corrected chi connectivity index (χ0v) is 11.3. The number of ether oxygens (including phenoxy) is 1. The predicted molar refractivity (Wildman–Crippen MR) is 73.1 cm³/mol. The Labute approximate surface area is 114 Å². The standard InChI is InChI=1S/C15H21NO3/c1-2-12-3-5-14(6-4-12)19-8-7-16-10-13(11-17)9-15(16)18/h3-6,13,17H,2,7-11H2,1H3. The molecule has 1 atom stereocenters. The SMILES string of the molecule is CCc1ccc(OCCN2CC(CO)CC2=O)cc1. The highest BCUT2D eigenvalue weighted by molar-refractivity contribution is 5.78. The fourth-order valence-electron chi connectivity index (χ4n) is 2.29. The predicted octanol–water partition coefficient (Wildman–Crippen LogP) is 1.47. The first kappa shape index (κ1) is 13.9. The molecule has 4 heteroatoms. The molecule has 2 rings (SSSR count). The van der Waals surface area contributed by atoms with Gasteiger partial charge in [0.05, 0.1) is 6.54 Å². The molecule has 1 heterocycles. The molecule has 1 saturated heterocycles. The van der Waals surface area contributed by atoms with Crippen LogP contribution in [0.1, 0.15) is 18.9 Å². The Kier molecular flexibility index (Phi) is 4.80. The van der Waals surface area contributed by atoms with Crippen LogP contribution in [0.2, 0.25) is 0 Å². The van der Waals surface area contributed by atoms with Crippen molar-refractivity contribution < 1.29 is 14.6 Å². The van der Waals surface area contributed by atoms with Gasteiger partial charge in [0.15, 0.2) is 0 Å². The number of aliphatic hydroxyl groups is 1. The molecule has 1 N–H and O–H groups in total. The van der Waals surface area contributed by atoms with Gasteiger partial charge in [0.2, 0.25) is 5.91 Å². The molecule has 0 radical (unpaired) electrons. The molecule has 1 aliphatic heterocycles. The highest BCUT2D eigenvalue weighted by atomic mass is 16.5. The number of carbonyl (C=O) groups is 1. The van der Waals surface area contributed by atoms with Gasteiger partial charge in [-0.3, -0.25) is 4.79 Å². The van der Waals surface area contributed by atoms with E-state index < -0.39 is 0 Å². The monoisotopic (exact) mass is 263 g/mol. The van der Waals surface area contributed by atoms with Gasteiger partial charge < -0.3 is 14.7 Å². The Morgan fingerprint density at radius 3 is 2.68 bits per heavy atom. The molecule has 0 saturated carbocycles. The molecule has 0 aliphatic carbocycles. The minimum absolute atomic E-state index is 0.0849. The van der Waals surface area contributed by atoms with Crippen LogP contribution in [-0.2, 0) is 11.2 Å². The molecule has 0 spiro atoms. The summed E-state index contributed by atoms with van der Waals surface area (Å²) in [6.45, 7) is 3.93. The fraction of sp³-hybridized carbons (Fsp3) is 0.533. The number of amides is 1. The summed E-state index contributed by atoms with van der Waals surface area (Å²) in [5.41, 5.74) is 1.29. The van der Waals surface area contributed by atoms with Crippen LogP contribution in [0.15, 0.2) is 24.3 Å². The van der Waals surface area contributed by atoms with E-state index in [0.29, 0.717) is 26.1 Å². The summed E-state index contributed by atoms with van der Waals surface area (Å²) in [7, 11) is 0. The minimum atomic E-state index is 0.0849. The van der Waals surface area contributed by atoms with E-state index in [1.165, 1.54) is 5.56 Å². The van der Waals surface area contributed by atoms with Gasteiger partial charge in [0, 0.05) is 25.5 Å². The Hall–Kier alpha value is -1.55. The molecule has 0 aromatic heterocycles. The Balaban J connectivity index is 1.75. The molecule has 1 amide bonds. The van der Waals surface area contributed by atoms with Gasteiger partial charge in [0.25, 0.3) is 0 Å². The molecule has 1 fully saturated rings. The zero-order valence-electron chi connectivity index (χ0n) is 11.3. The highest BCUT2D eigenvalue weighted by Gasteiger charge is 2.28. The van der Waals surface area contributed by atoms with E-state index in [9.17, 15) is 4.79 Å². The fourth-order valence-corrected chi connectivity index (χ4v) is 2.29. The third-order valence-corrected chi connectivity index (χ3v) is 3.51. The van der Waals surface area contributed by atoms with Gasteiger partial charge in [-0.2, -0.15) is 0 Å². The zero-order chi connectivity index (χ0) is 13.7. The summed E-state index contributed by atoms with van der Waals surface area (Å²) in [6.07, 6.45) is 1.48. The number of benzene rings is 1. The van der Waals surface area contributed by atoms with Gasteiger partial charge >= 0.3 is 0 Å². The molecule has 1 unspecified atom stereocenters. The largest absolute Gasteiger partial charge is 0.492 e. The normalized spacial score (nSPS) is 18.9. The summed E-state index contributed by atoms with van der Waals surface area (Å²) in [5, 5.41) is 9.04. The number of aryl methyl sites for hydroxylation is 1. The van der Waals surface area contributed by atoms with Crippen molar-refractivity contribution in [3.8, 4) is 5.75 Å². The first-order chi connectivity index (χ1) is 9.22.